The Morgan fingerprint density at radius 3 is 2.68 bits per heavy atom. The van der Waals surface area contributed by atoms with Gasteiger partial charge in [0.15, 0.2) is 17.3 Å². The van der Waals surface area contributed by atoms with Crippen LogP contribution in [-0.2, 0) is 7.05 Å². The lowest BCUT2D eigenvalue weighted by Crippen LogP contribution is -2.49. The summed E-state index contributed by atoms with van der Waals surface area (Å²) in [6.07, 6.45) is 1.58. The smallest absolute Gasteiger partial charge is 0.254 e. The average Bonchev–Trinajstić information content (AvgIpc) is 3.31. The van der Waals surface area contributed by atoms with Gasteiger partial charge in [-0.05, 0) is 25.1 Å². The van der Waals surface area contributed by atoms with Gasteiger partial charge in [0.1, 0.15) is 17.4 Å². The van der Waals surface area contributed by atoms with Crippen molar-refractivity contribution in [2.45, 2.75) is 6.92 Å². The number of amides is 1. The van der Waals surface area contributed by atoms with Crippen molar-refractivity contribution in [1.82, 2.24) is 24.6 Å². The van der Waals surface area contributed by atoms with Gasteiger partial charge in [-0.3, -0.25) is 9.48 Å². The highest BCUT2D eigenvalue weighted by Gasteiger charge is 2.26. The fraction of sp³-hybridized carbons (Fsp3) is 0.368. The highest BCUT2D eigenvalue weighted by molar-refractivity contribution is 5.95. The van der Waals surface area contributed by atoms with Crippen molar-refractivity contribution in [3.05, 3.63) is 35.8 Å². The summed E-state index contributed by atoms with van der Waals surface area (Å²) in [6, 6.07) is 5.33. The van der Waals surface area contributed by atoms with E-state index in [1.165, 1.54) is 0 Å². The first-order valence-electron chi connectivity index (χ1n) is 9.20. The van der Waals surface area contributed by atoms with Gasteiger partial charge in [0, 0.05) is 38.8 Å². The maximum Gasteiger partial charge on any atom is 0.254 e. The number of fused-ring (bicyclic) bond motifs is 2. The monoisotopic (exact) mass is 380 g/mol. The van der Waals surface area contributed by atoms with Crippen LogP contribution in [0.25, 0.3) is 11.0 Å². The van der Waals surface area contributed by atoms with Crippen LogP contribution in [0.4, 0.5) is 5.82 Å². The molecule has 1 amide bonds. The maximum absolute atomic E-state index is 12.9. The van der Waals surface area contributed by atoms with Gasteiger partial charge in [-0.25, -0.2) is 9.97 Å². The Bertz CT molecular complexity index is 1070. The number of carbonyl (C=O) groups is 1. The molecule has 4 heterocycles. The van der Waals surface area contributed by atoms with Crippen molar-refractivity contribution in [2.75, 3.05) is 37.9 Å². The van der Waals surface area contributed by atoms with Gasteiger partial charge in [0.05, 0.1) is 5.69 Å². The number of ether oxygens (including phenoxy) is 2. The highest BCUT2D eigenvalue weighted by Crippen LogP contribution is 2.33. The zero-order valence-corrected chi connectivity index (χ0v) is 15.8. The van der Waals surface area contributed by atoms with E-state index in [4.69, 9.17) is 9.47 Å². The lowest BCUT2D eigenvalue weighted by Gasteiger charge is -2.35. The number of nitrogens with zero attached hydrogens (tertiary/aromatic N) is 6. The first kappa shape index (κ1) is 16.8. The molecule has 9 nitrogen and oxygen atoms in total. The maximum atomic E-state index is 12.9. The van der Waals surface area contributed by atoms with Crippen LogP contribution in [0.15, 0.2) is 24.5 Å². The third kappa shape index (κ3) is 2.62. The van der Waals surface area contributed by atoms with Crippen LogP contribution in [0.2, 0.25) is 0 Å². The van der Waals surface area contributed by atoms with Crippen molar-refractivity contribution < 1.29 is 14.3 Å². The SMILES string of the molecule is Cc1nn(C)c2c(N3CCN(C(=O)c4ccc5c(c4)OCO5)CC3)ncnc12. The third-order valence-electron chi connectivity index (χ3n) is 5.26. The second-order valence-corrected chi connectivity index (χ2v) is 6.95. The van der Waals surface area contributed by atoms with Crippen LogP contribution in [-0.4, -0.2) is 63.5 Å². The van der Waals surface area contributed by atoms with Crippen LogP contribution in [0, 0.1) is 6.92 Å². The van der Waals surface area contributed by atoms with Crippen LogP contribution in [0.5, 0.6) is 11.5 Å². The average molecular weight is 380 g/mol. The van der Waals surface area contributed by atoms with E-state index in [1.807, 2.05) is 23.6 Å². The van der Waals surface area contributed by atoms with E-state index in [0.717, 1.165) is 22.5 Å². The van der Waals surface area contributed by atoms with Gasteiger partial charge in [-0.15, -0.1) is 0 Å². The van der Waals surface area contributed by atoms with Crippen molar-refractivity contribution in [2.24, 2.45) is 7.05 Å². The van der Waals surface area contributed by atoms with E-state index in [2.05, 4.69) is 20.0 Å². The summed E-state index contributed by atoms with van der Waals surface area (Å²) in [5.41, 5.74) is 3.30. The van der Waals surface area contributed by atoms with Crippen LogP contribution in [0.1, 0.15) is 16.1 Å². The van der Waals surface area contributed by atoms with E-state index < -0.39 is 0 Å². The van der Waals surface area contributed by atoms with Crippen molar-refractivity contribution in [3.63, 3.8) is 0 Å². The molecule has 0 N–H and O–H groups in total. The summed E-state index contributed by atoms with van der Waals surface area (Å²) in [4.78, 5) is 25.8. The number of hydrogen-bond acceptors (Lipinski definition) is 7. The van der Waals surface area contributed by atoms with Gasteiger partial charge >= 0.3 is 0 Å². The Morgan fingerprint density at radius 1 is 1.07 bits per heavy atom. The van der Waals surface area contributed by atoms with Crippen LogP contribution >= 0.6 is 0 Å². The van der Waals surface area contributed by atoms with Gasteiger partial charge < -0.3 is 19.3 Å². The molecule has 0 atom stereocenters. The Kier molecular flexibility index (Phi) is 3.81. The molecule has 28 heavy (non-hydrogen) atoms. The Labute approximate surface area is 161 Å². The summed E-state index contributed by atoms with van der Waals surface area (Å²) in [5, 5.41) is 4.46. The molecular weight excluding hydrogens is 360 g/mol. The molecule has 0 aliphatic carbocycles. The first-order chi connectivity index (χ1) is 13.6. The number of rotatable bonds is 2. The molecule has 0 bridgehead atoms. The van der Waals surface area contributed by atoms with E-state index in [9.17, 15) is 4.79 Å². The number of carbonyl (C=O) groups excluding carboxylic acids is 1. The number of piperazine rings is 1. The number of aryl methyl sites for hydroxylation is 2. The minimum Gasteiger partial charge on any atom is -0.454 e. The summed E-state index contributed by atoms with van der Waals surface area (Å²) in [7, 11) is 1.90. The molecule has 2 aliphatic heterocycles. The molecule has 3 aromatic rings. The second-order valence-electron chi connectivity index (χ2n) is 6.95. The normalized spacial score (nSPS) is 16.1. The van der Waals surface area contributed by atoms with E-state index in [-0.39, 0.29) is 12.7 Å². The van der Waals surface area contributed by atoms with Crippen molar-refractivity contribution >= 4 is 22.8 Å². The molecule has 9 heteroatoms. The van der Waals surface area contributed by atoms with Gasteiger partial charge in [0.25, 0.3) is 5.91 Å². The number of anilines is 1. The fourth-order valence-electron chi connectivity index (χ4n) is 3.82. The molecule has 0 spiro atoms. The minimum absolute atomic E-state index is 0.00200. The summed E-state index contributed by atoms with van der Waals surface area (Å²) < 4.78 is 12.5. The molecule has 1 aromatic carbocycles. The van der Waals surface area contributed by atoms with Crippen molar-refractivity contribution in [3.8, 4) is 11.5 Å². The summed E-state index contributed by atoms with van der Waals surface area (Å²) in [5.74, 6) is 2.17. The standard InChI is InChI=1S/C19H20N6O3/c1-12-16-17(23(2)22-12)18(21-10-20-16)24-5-7-25(8-6-24)19(26)13-3-4-14-15(9-13)28-11-27-14/h3-4,9-10H,5-8,11H2,1-2H3. The zero-order chi connectivity index (χ0) is 19.3. The van der Waals surface area contributed by atoms with Gasteiger partial charge in [0.2, 0.25) is 6.79 Å². The molecule has 0 radical (unpaired) electrons. The van der Waals surface area contributed by atoms with E-state index in [0.29, 0.717) is 43.2 Å². The molecule has 2 aromatic heterocycles. The largest absolute Gasteiger partial charge is 0.454 e. The second kappa shape index (κ2) is 6.36. The topological polar surface area (TPSA) is 85.6 Å². The fourth-order valence-corrected chi connectivity index (χ4v) is 3.82. The van der Waals surface area contributed by atoms with Gasteiger partial charge in [-0.2, -0.15) is 5.10 Å². The molecule has 2 aliphatic rings. The van der Waals surface area contributed by atoms with Gasteiger partial charge in [-0.1, -0.05) is 0 Å². The predicted molar refractivity (Wildman–Crippen MR) is 102 cm³/mol. The molecule has 1 fully saturated rings. The van der Waals surface area contributed by atoms with Crippen LogP contribution in [0.3, 0.4) is 0 Å². The third-order valence-corrected chi connectivity index (χ3v) is 5.26. The summed E-state index contributed by atoms with van der Waals surface area (Å²) >= 11 is 0. The zero-order valence-electron chi connectivity index (χ0n) is 15.8. The minimum atomic E-state index is 0.00200. The summed E-state index contributed by atoms with van der Waals surface area (Å²) in [6.45, 7) is 4.79. The predicted octanol–water partition coefficient (Wildman–Crippen LogP) is 1.36. The first-order valence-corrected chi connectivity index (χ1v) is 9.20. The molecule has 144 valence electrons. The molecule has 1 saturated heterocycles. The number of benzene rings is 1. The Morgan fingerprint density at radius 2 is 1.86 bits per heavy atom. The Hall–Kier alpha value is -3.36. The van der Waals surface area contributed by atoms with Crippen LogP contribution < -0.4 is 14.4 Å². The molecule has 0 unspecified atom stereocenters. The van der Waals surface area contributed by atoms with E-state index >= 15 is 0 Å². The van der Waals surface area contributed by atoms with Crippen molar-refractivity contribution in [1.29, 1.82) is 0 Å². The van der Waals surface area contributed by atoms with E-state index in [1.54, 1.807) is 24.5 Å². The lowest BCUT2D eigenvalue weighted by atomic mass is 10.1. The lowest BCUT2D eigenvalue weighted by molar-refractivity contribution is 0.0746. The quantitative estimate of drug-likeness (QED) is 0.664. The number of aromatic nitrogens is 4. The molecular formula is C19H20N6O3. The Balaban J connectivity index is 1.34. The molecule has 5 rings (SSSR count). The molecule has 0 saturated carbocycles. The highest BCUT2D eigenvalue weighted by atomic mass is 16.7. The number of hydrogen-bond donors (Lipinski definition) is 0.